The molecule has 1 amide bonds. The first kappa shape index (κ1) is 14.9. The number of anilines is 1. The molecule has 0 aliphatic carbocycles. The van der Waals surface area contributed by atoms with E-state index in [4.69, 9.17) is 0 Å². The first-order chi connectivity index (χ1) is 9.61. The Kier molecular flexibility index (Phi) is 5.01. The SMILES string of the molecule is CCN(C(=O)CC1CCCNC1)c1cc(O)ccc1C. The number of nitrogens with one attached hydrogen (secondary N) is 1. The highest BCUT2D eigenvalue weighted by atomic mass is 16.3. The molecule has 2 rings (SSSR count). The highest BCUT2D eigenvalue weighted by molar-refractivity contribution is 5.94. The molecule has 0 radical (unpaired) electrons. The summed E-state index contributed by atoms with van der Waals surface area (Å²) in [5.41, 5.74) is 1.83. The zero-order valence-corrected chi connectivity index (χ0v) is 12.4. The lowest BCUT2D eigenvalue weighted by Gasteiger charge is -2.27. The third-order valence-corrected chi connectivity index (χ3v) is 3.96. The summed E-state index contributed by atoms with van der Waals surface area (Å²) in [6.07, 6.45) is 2.85. The van der Waals surface area contributed by atoms with Gasteiger partial charge in [0.15, 0.2) is 0 Å². The zero-order chi connectivity index (χ0) is 14.5. The molecular weight excluding hydrogens is 252 g/mol. The van der Waals surface area contributed by atoms with Crippen molar-refractivity contribution in [2.24, 2.45) is 5.92 Å². The number of nitrogens with zero attached hydrogens (tertiary/aromatic N) is 1. The van der Waals surface area contributed by atoms with Crippen molar-refractivity contribution < 1.29 is 9.90 Å². The number of carbonyl (C=O) groups is 1. The molecule has 1 aliphatic rings. The maximum absolute atomic E-state index is 12.5. The molecule has 1 heterocycles. The molecule has 1 aromatic rings. The van der Waals surface area contributed by atoms with Crippen LogP contribution in [0.5, 0.6) is 5.75 Å². The van der Waals surface area contributed by atoms with Gasteiger partial charge in [-0.25, -0.2) is 0 Å². The van der Waals surface area contributed by atoms with Gasteiger partial charge in [0, 0.05) is 19.0 Å². The first-order valence-corrected chi connectivity index (χ1v) is 7.42. The number of amides is 1. The summed E-state index contributed by atoms with van der Waals surface area (Å²) in [6.45, 7) is 6.56. The standard InChI is InChI=1S/C16H24N2O2/c1-3-18(15-10-14(19)7-6-12(15)2)16(20)9-13-5-4-8-17-11-13/h6-7,10,13,17,19H,3-5,8-9,11H2,1-2H3. The van der Waals surface area contributed by atoms with Crippen LogP contribution in [-0.2, 0) is 4.79 Å². The molecule has 0 bridgehead atoms. The molecule has 4 heteroatoms. The average Bonchev–Trinajstić information content (AvgIpc) is 2.44. The van der Waals surface area contributed by atoms with E-state index in [0.717, 1.165) is 37.2 Å². The maximum atomic E-state index is 12.5. The topological polar surface area (TPSA) is 52.6 Å². The Morgan fingerprint density at radius 1 is 1.50 bits per heavy atom. The van der Waals surface area contributed by atoms with Gasteiger partial charge in [0.2, 0.25) is 5.91 Å². The summed E-state index contributed by atoms with van der Waals surface area (Å²) >= 11 is 0. The second kappa shape index (κ2) is 6.75. The van der Waals surface area contributed by atoms with Gasteiger partial charge in [-0.15, -0.1) is 0 Å². The Labute approximate surface area is 120 Å². The summed E-state index contributed by atoms with van der Waals surface area (Å²) in [5.74, 6) is 0.786. The van der Waals surface area contributed by atoms with E-state index in [1.165, 1.54) is 0 Å². The minimum Gasteiger partial charge on any atom is -0.508 e. The predicted molar refractivity (Wildman–Crippen MR) is 81.1 cm³/mol. The van der Waals surface area contributed by atoms with Gasteiger partial charge in [0.05, 0.1) is 5.69 Å². The van der Waals surface area contributed by atoms with E-state index in [1.807, 2.05) is 19.9 Å². The molecule has 1 unspecified atom stereocenters. The van der Waals surface area contributed by atoms with Crippen LogP contribution in [0, 0.1) is 12.8 Å². The molecule has 0 saturated carbocycles. The highest BCUT2D eigenvalue weighted by Crippen LogP contribution is 2.26. The second-order valence-electron chi connectivity index (χ2n) is 5.53. The highest BCUT2D eigenvalue weighted by Gasteiger charge is 2.22. The third-order valence-electron chi connectivity index (χ3n) is 3.96. The van der Waals surface area contributed by atoms with Crippen molar-refractivity contribution in [1.29, 1.82) is 0 Å². The summed E-state index contributed by atoms with van der Waals surface area (Å²) in [4.78, 5) is 14.3. The number of aryl methyl sites for hydroxylation is 1. The second-order valence-corrected chi connectivity index (χ2v) is 5.53. The number of phenolic OH excluding ortho intramolecular Hbond substituents is 1. The molecule has 2 N–H and O–H groups in total. The van der Waals surface area contributed by atoms with Crippen LogP contribution in [0.15, 0.2) is 18.2 Å². The lowest BCUT2D eigenvalue weighted by atomic mass is 9.95. The van der Waals surface area contributed by atoms with Gasteiger partial charge in [0.1, 0.15) is 5.75 Å². The average molecular weight is 276 g/mol. The van der Waals surface area contributed by atoms with Crippen molar-refractivity contribution in [3.8, 4) is 5.75 Å². The molecule has 20 heavy (non-hydrogen) atoms. The zero-order valence-electron chi connectivity index (χ0n) is 12.4. The van der Waals surface area contributed by atoms with E-state index in [2.05, 4.69) is 5.32 Å². The lowest BCUT2D eigenvalue weighted by molar-refractivity contribution is -0.119. The molecule has 1 atom stereocenters. The minimum atomic E-state index is 0.148. The van der Waals surface area contributed by atoms with Crippen LogP contribution in [0.1, 0.15) is 31.7 Å². The summed E-state index contributed by atoms with van der Waals surface area (Å²) < 4.78 is 0. The van der Waals surface area contributed by atoms with E-state index in [0.29, 0.717) is 18.9 Å². The van der Waals surface area contributed by atoms with Gasteiger partial charge in [-0.3, -0.25) is 4.79 Å². The van der Waals surface area contributed by atoms with E-state index in [1.54, 1.807) is 17.0 Å². The Hall–Kier alpha value is -1.55. The Bertz CT molecular complexity index is 468. The molecule has 110 valence electrons. The van der Waals surface area contributed by atoms with E-state index in [9.17, 15) is 9.90 Å². The molecular formula is C16H24N2O2. The smallest absolute Gasteiger partial charge is 0.227 e. The minimum absolute atomic E-state index is 0.148. The van der Waals surface area contributed by atoms with Crippen LogP contribution in [0.3, 0.4) is 0 Å². The van der Waals surface area contributed by atoms with Gasteiger partial charge in [-0.05, 0) is 57.3 Å². The number of carbonyl (C=O) groups excluding carboxylic acids is 1. The fourth-order valence-corrected chi connectivity index (χ4v) is 2.82. The van der Waals surface area contributed by atoms with Crippen LogP contribution >= 0.6 is 0 Å². The maximum Gasteiger partial charge on any atom is 0.227 e. The molecule has 1 aliphatic heterocycles. The Morgan fingerprint density at radius 3 is 2.95 bits per heavy atom. The summed E-state index contributed by atoms with van der Waals surface area (Å²) in [5, 5.41) is 13.0. The number of hydrogen-bond acceptors (Lipinski definition) is 3. The number of benzene rings is 1. The Balaban J connectivity index is 2.10. The number of piperidine rings is 1. The van der Waals surface area contributed by atoms with Crippen LogP contribution in [0.25, 0.3) is 0 Å². The van der Waals surface area contributed by atoms with Gasteiger partial charge in [-0.1, -0.05) is 6.07 Å². The van der Waals surface area contributed by atoms with Gasteiger partial charge in [-0.2, -0.15) is 0 Å². The number of phenols is 1. The monoisotopic (exact) mass is 276 g/mol. The van der Waals surface area contributed by atoms with Crippen molar-refractivity contribution >= 4 is 11.6 Å². The van der Waals surface area contributed by atoms with Crippen molar-refractivity contribution in [2.75, 3.05) is 24.5 Å². The van der Waals surface area contributed by atoms with Crippen molar-refractivity contribution in [2.45, 2.75) is 33.1 Å². The fourth-order valence-electron chi connectivity index (χ4n) is 2.82. The van der Waals surface area contributed by atoms with E-state index < -0.39 is 0 Å². The molecule has 4 nitrogen and oxygen atoms in total. The van der Waals surface area contributed by atoms with Crippen molar-refractivity contribution in [3.05, 3.63) is 23.8 Å². The van der Waals surface area contributed by atoms with Crippen LogP contribution in [0.4, 0.5) is 5.69 Å². The summed E-state index contributed by atoms with van der Waals surface area (Å²) in [7, 11) is 0. The van der Waals surface area contributed by atoms with Crippen LogP contribution < -0.4 is 10.2 Å². The lowest BCUT2D eigenvalue weighted by Crippen LogP contribution is -2.37. The number of rotatable bonds is 4. The molecule has 1 saturated heterocycles. The number of aromatic hydroxyl groups is 1. The van der Waals surface area contributed by atoms with Crippen molar-refractivity contribution in [1.82, 2.24) is 5.32 Å². The van der Waals surface area contributed by atoms with Gasteiger partial charge < -0.3 is 15.3 Å². The predicted octanol–water partition coefficient (Wildman–Crippen LogP) is 2.44. The van der Waals surface area contributed by atoms with E-state index in [-0.39, 0.29) is 11.7 Å². The van der Waals surface area contributed by atoms with E-state index >= 15 is 0 Å². The molecule has 0 aromatic heterocycles. The van der Waals surface area contributed by atoms with Crippen LogP contribution in [-0.4, -0.2) is 30.6 Å². The molecule has 1 fully saturated rings. The number of hydrogen-bond donors (Lipinski definition) is 2. The molecule has 0 spiro atoms. The largest absolute Gasteiger partial charge is 0.508 e. The first-order valence-electron chi connectivity index (χ1n) is 7.42. The molecule has 1 aromatic carbocycles. The fraction of sp³-hybridized carbons (Fsp3) is 0.562. The normalized spacial score (nSPS) is 18.8. The quantitative estimate of drug-likeness (QED) is 0.888. The van der Waals surface area contributed by atoms with Gasteiger partial charge >= 0.3 is 0 Å². The van der Waals surface area contributed by atoms with Gasteiger partial charge in [0.25, 0.3) is 0 Å². The van der Waals surface area contributed by atoms with Crippen molar-refractivity contribution in [3.63, 3.8) is 0 Å². The summed E-state index contributed by atoms with van der Waals surface area (Å²) in [6, 6.07) is 5.18. The van der Waals surface area contributed by atoms with Crippen LogP contribution in [0.2, 0.25) is 0 Å². The Morgan fingerprint density at radius 2 is 2.30 bits per heavy atom. The third kappa shape index (κ3) is 3.51.